The second-order valence-corrected chi connectivity index (χ2v) is 5.22. The highest BCUT2D eigenvalue weighted by atomic mass is 35.5. The minimum Gasteiger partial charge on any atom is -0.398 e. The molecule has 5 heteroatoms. The van der Waals surface area contributed by atoms with Crippen LogP contribution in [0.2, 0.25) is 5.02 Å². The lowest BCUT2D eigenvalue weighted by Crippen LogP contribution is -2.11. The molecule has 0 unspecified atom stereocenters. The van der Waals surface area contributed by atoms with Gasteiger partial charge in [-0.25, -0.2) is 0 Å². The Kier molecular flexibility index (Phi) is 3.79. The normalized spacial score (nSPS) is 10.3. The number of hydrogen-bond donors (Lipinski definition) is 2. The maximum absolute atomic E-state index is 11.0. The van der Waals surface area contributed by atoms with Crippen molar-refractivity contribution in [2.75, 3.05) is 5.73 Å². The van der Waals surface area contributed by atoms with Gasteiger partial charge >= 0.3 is 0 Å². The number of nitrogen functional groups attached to an aromatic ring is 1. The molecule has 2 aromatic rings. The van der Waals surface area contributed by atoms with Gasteiger partial charge in [0.1, 0.15) is 0 Å². The molecule has 0 aliphatic carbocycles. The smallest absolute Gasteiger partial charge is 0.248 e. The summed E-state index contributed by atoms with van der Waals surface area (Å²) in [5.41, 5.74) is 12.0. The Hall–Kier alpha value is -1.65. The van der Waals surface area contributed by atoms with E-state index in [4.69, 9.17) is 23.1 Å². The zero-order valence-corrected chi connectivity index (χ0v) is 11.0. The zero-order valence-electron chi connectivity index (χ0n) is 9.39. The summed E-state index contributed by atoms with van der Waals surface area (Å²) < 4.78 is 0. The minimum absolute atomic E-state index is 0.410. The number of carbonyl (C=O) groups is 1. The molecule has 0 saturated heterocycles. The minimum atomic E-state index is -0.482. The molecular weight excluding hydrogens is 268 g/mol. The second-order valence-electron chi connectivity index (χ2n) is 3.67. The van der Waals surface area contributed by atoms with Gasteiger partial charge in [0.2, 0.25) is 5.91 Å². The molecule has 0 radical (unpaired) electrons. The standard InChI is InChI=1S/C13H11ClN2OS/c14-9-2-4-10(5-3-9)18-12-6-1-8(13(16)17)7-11(12)15/h1-7H,15H2,(H2,16,17). The lowest BCUT2D eigenvalue weighted by molar-refractivity contribution is 0.100. The highest BCUT2D eigenvalue weighted by Gasteiger charge is 2.06. The van der Waals surface area contributed by atoms with Crippen molar-refractivity contribution >= 4 is 35.0 Å². The van der Waals surface area contributed by atoms with E-state index in [-0.39, 0.29) is 0 Å². The fourth-order valence-corrected chi connectivity index (χ4v) is 2.39. The quantitative estimate of drug-likeness (QED) is 0.847. The van der Waals surface area contributed by atoms with E-state index in [0.717, 1.165) is 9.79 Å². The van der Waals surface area contributed by atoms with Crippen LogP contribution in [-0.4, -0.2) is 5.91 Å². The number of rotatable bonds is 3. The van der Waals surface area contributed by atoms with E-state index in [1.807, 2.05) is 24.3 Å². The Labute approximate surface area is 114 Å². The molecule has 0 aliphatic rings. The molecule has 0 atom stereocenters. The summed E-state index contributed by atoms with van der Waals surface area (Å²) in [7, 11) is 0. The average molecular weight is 279 g/mol. The predicted octanol–water partition coefficient (Wildman–Crippen LogP) is 3.17. The molecule has 0 heterocycles. The van der Waals surface area contributed by atoms with Gasteiger partial charge in [0.25, 0.3) is 0 Å². The summed E-state index contributed by atoms with van der Waals surface area (Å²) in [6.45, 7) is 0. The number of amides is 1. The van der Waals surface area contributed by atoms with Crippen LogP contribution in [-0.2, 0) is 0 Å². The van der Waals surface area contributed by atoms with Crippen molar-refractivity contribution < 1.29 is 4.79 Å². The maximum atomic E-state index is 11.0. The molecule has 2 aromatic carbocycles. The van der Waals surface area contributed by atoms with Gasteiger partial charge in [0.05, 0.1) is 0 Å². The number of nitrogens with two attached hydrogens (primary N) is 2. The zero-order chi connectivity index (χ0) is 13.1. The third-order valence-electron chi connectivity index (χ3n) is 2.34. The number of anilines is 1. The SMILES string of the molecule is NC(=O)c1ccc(Sc2ccc(Cl)cc2)c(N)c1. The molecular formula is C13H11ClN2OS. The Morgan fingerprint density at radius 2 is 1.78 bits per heavy atom. The van der Waals surface area contributed by atoms with Crippen molar-refractivity contribution in [2.45, 2.75) is 9.79 Å². The molecule has 0 bridgehead atoms. The van der Waals surface area contributed by atoms with Crippen LogP contribution < -0.4 is 11.5 Å². The van der Waals surface area contributed by atoms with Gasteiger partial charge in [-0.05, 0) is 42.5 Å². The fourth-order valence-electron chi connectivity index (χ4n) is 1.42. The van der Waals surface area contributed by atoms with Crippen molar-refractivity contribution in [1.29, 1.82) is 0 Å². The van der Waals surface area contributed by atoms with E-state index in [1.54, 1.807) is 18.2 Å². The molecule has 3 nitrogen and oxygen atoms in total. The summed E-state index contributed by atoms with van der Waals surface area (Å²) in [6.07, 6.45) is 0. The molecule has 0 saturated carbocycles. The van der Waals surface area contributed by atoms with Crippen LogP contribution in [0.15, 0.2) is 52.3 Å². The number of halogens is 1. The molecule has 92 valence electrons. The van der Waals surface area contributed by atoms with Gasteiger partial charge < -0.3 is 11.5 Å². The lowest BCUT2D eigenvalue weighted by atomic mass is 10.2. The van der Waals surface area contributed by atoms with Crippen LogP contribution in [0.5, 0.6) is 0 Å². The Bertz CT molecular complexity index is 584. The van der Waals surface area contributed by atoms with E-state index in [1.165, 1.54) is 11.8 Å². The molecule has 4 N–H and O–H groups in total. The summed E-state index contributed by atoms with van der Waals surface area (Å²) >= 11 is 7.32. The summed E-state index contributed by atoms with van der Waals surface area (Å²) in [5, 5.41) is 0.691. The first-order valence-electron chi connectivity index (χ1n) is 5.19. The van der Waals surface area contributed by atoms with Gasteiger partial charge in [0, 0.05) is 26.1 Å². The first-order valence-corrected chi connectivity index (χ1v) is 6.38. The van der Waals surface area contributed by atoms with Gasteiger partial charge in [0.15, 0.2) is 0 Å². The van der Waals surface area contributed by atoms with E-state index in [9.17, 15) is 4.79 Å². The van der Waals surface area contributed by atoms with Crippen molar-refractivity contribution in [3.63, 3.8) is 0 Å². The van der Waals surface area contributed by atoms with Crippen molar-refractivity contribution in [3.8, 4) is 0 Å². The fraction of sp³-hybridized carbons (Fsp3) is 0. The predicted molar refractivity (Wildman–Crippen MR) is 74.9 cm³/mol. The maximum Gasteiger partial charge on any atom is 0.248 e. The Morgan fingerprint density at radius 3 is 2.33 bits per heavy atom. The molecule has 0 spiro atoms. The van der Waals surface area contributed by atoms with E-state index in [0.29, 0.717) is 16.3 Å². The van der Waals surface area contributed by atoms with Crippen molar-refractivity contribution in [3.05, 3.63) is 53.1 Å². The monoisotopic (exact) mass is 278 g/mol. The molecule has 2 rings (SSSR count). The van der Waals surface area contributed by atoms with Crippen LogP contribution in [0.3, 0.4) is 0 Å². The number of primary amides is 1. The molecule has 0 aromatic heterocycles. The number of hydrogen-bond acceptors (Lipinski definition) is 3. The molecule has 1 amide bonds. The molecule has 0 aliphatic heterocycles. The van der Waals surface area contributed by atoms with Crippen LogP contribution >= 0.6 is 23.4 Å². The largest absolute Gasteiger partial charge is 0.398 e. The van der Waals surface area contributed by atoms with Gasteiger partial charge in [-0.15, -0.1) is 0 Å². The summed E-state index contributed by atoms with van der Waals surface area (Å²) in [6, 6.07) is 12.5. The highest BCUT2D eigenvalue weighted by Crippen LogP contribution is 2.32. The average Bonchev–Trinajstić information content (AvgIpc) is 2.34. The second kappa shape index (κ2) is 5.33. The topological polar surface area (TPSA) is 69.1 Å². The Morgan fingerprint density at radius 1 is 1.11 bits per heavy atom. The molecule has 18 heavy (non-hydrogen) atoms. The first-order chi connectivity index (χ1) is 8.56. The Balaban J connectivity index is 2.24. The van der Waals surface area contributed by atoms with E-state index < -0.39 is 5.91 Å². The number of carbonyl (C=O) groups excluding carboxylic acids is 1. The first kappa shape index (κ1) is 12.8. The summed E-state index contributed by atoms with van der Waals surface area (Å²) in [5.74, 6) is -0.482. The van der Waals surface area contributed by atoms with Crippen LogP contribution in [0.1, 0.15) is 10.4 Å². The van der Waals surface area contributed by atoms with E-state index in [2.05, 4.69) is 0 Å². The van der Waals surface area contributed by atoms with E-state index >= 15 is 0 Å². The van der Waals surface area contributed by atoms with Crippen molar-refractivity contribution in [1.82, 2.24) is 0 Å². The van der Waals surface area contributed by atoms with Crippen LogP contribution in [0, 0.1) is 0 Å². The molecule has 0 fully saturated rings. The third-order valence-corrected chi connectivity index (χ3v) is 3.69. The van der Waals surface area contributed by atoms with Gasteiger partial charge in [-0.2, -0.15) is 0 Å². The summed E-state index contributed by atoms with van der Waals surface area (Å²) in [4.78, 5) is 12.9. The third kappa shape index (κ3) is 2.97. The van der Waals surface area contributed by atoms with Crippen LogP contribution in [0.4, 0.5) is 5.69 Å². The lowest BCUT2D eigenvalue weighted by Gasteiger charge is -2.06. The van der Waals surface area contributed by atoms with Gasteiger partial charge in [-0.1, -0.05) is 23.4 Å². The van der Waals surface area contributed by atoms with Crippen molar-refractivity contribution in [2.24, 2.45) is 5.73 Å². The number of benzene rings is 2. The van der Waals surface area contributed by atoms with Crippen LogP contribution in [0.25, 0.3) is 0 Å². The van der Waals surface area contributed by atoms with Gasteiger partial charge in [-0.3, -0.25) is 4.79 Å². The highest BCUT2D eigenvalue weighted by molar-refractivity contribution is 7.99.